The Balaban J connectivity index is 1.21. The first-order valence-electron chi connectivity index (χ1n) is 11.0. The molecule has 5 fully saturated rings. The molecule has 1 heterocycles. The van der Waals surface area contributed by atoms with E-state index in [1.807, 2.05) is 12.1 Å². The molecule has 5 aliphatic rings. The zero-order chi connectivity index (χ0) is 19.3. The lowest BCUT2D eigenvalue weighted by Gasteiger charge is -2.58. The van der Waals surface area contributed by atoms with Crippen LogP contribution < -0.4 is 9.47 Å². The molecule has 0 amide bonds. The van der Waals surface area contributed by atoms with Crippen LogP contribution in [0.4, 0.5) is 0 Å². The van der Waals surface area contributed by atoms with E-state index in [2.05, 4.69) is 9.80 Å². The molecular weight excluding hydrogens is 352 g/mol. The molecule has 1 aromatic rings. The lowest BCUT2D eigenvalue weighted by Crippen LogP contribution is -2.60. The summed E-state index contributed by atoms with van der Waals surface area (Å²) in [5.74, 6) is 5.13. The summed E-state index contributed by atoms with van der Waals surface area (Å²) in [4.78, 5) is 5.36. The van der Waals surface area contributed by atoms with Crippen LogP contribution in [-0.2, 0) is 6.54 Å². The van der Waals surface area contributed by atoms with Crippen LogP contribution >= 0.6 is 0 Å². The molecular formula is C23H34N2O3. The normalized spacial score (nSPS) is 35.3. The number of nitrogens with zero attached hydrogens (tertiary/aromatic N) is 2. The third kappa shape index (κ3) is 3.26. The number of methoxy groups -OCH3 is 2. The maximum Gasteiger partial charge on any atom is 0.200 e. The topological polar surface area (TPSA) is 45.2 Å². The molecule has 0 spiro atoms. The van der Waals surface area contributed by atoms with Gasteiger partial charge in [0, 0.05) is 38.8 Å². The molecule has 1 aromatic carbocycles. The van der Waals surface area contributed by atoms with Crippen LogP contribution in [0, 0.1) is 23.7 Å². The van der Waals surface area contributed by atoms with Crippen LogP contribution in [-0.4, -0.2) is 61.3 Å². The van der Waals surface area contributed by atoms with E-state index < -0.39 is 0 Å². The quantitative estimate of drug-likeness (QED) is 0.841. The number of ether oxygens (including phenoxy) is 2. The van der Waals surface area contributed by atoms with Crippen molar-refractivity contribution in [3.05, 3.63) is 17.7 Å². The summed E-state index contributed by atoms with van der Waals surface area (Å²) < 4.78 is 10.6. The average Bonchev–Trinajstić information content (AvgIpc) is 2.69. The molecule has 1 aliphatic heterocycles. The highest BCUT2D eigenvalue weighted by molar-refractivity contribution is 5.52. The van der Waals surface area contributed by atoms with Gasteiger partial charge >= 0.3 is 0 Å². The zero-order valence-electron chi connectivity index (χ0n) is 17.3. The van der Waals surface area contributed by atoms with Crippen molar-refractivity contribution in [2.45, 2.75) is 44.7 Å². The van der Waals surface area contributed by atoms with Gasteiger partial charge in [-0.2, -0.15) is 0 Å². The van der Waals surface area contributed by atoms with Gasteiger partial charge in [0.05, 0.1) is 14.2 Å². The van der Waals surface area contributed by atoms with E-state index in [1.165, 1.54) is 45.2 Å². The average molecular weight is 387 g/mol. The monoisotopic (exact) mass is 386 g/mol. The second-order valence-corrected chi connectivity index (χ2v) is 9.58. The van der Waals surface area contributed by atoms with Crippen molar-refractivity contribution in [1.29, 1.82) is 0 Å². The van der Waals surface area contributed by atoms with E-state index in [0.29, 0.717) is 11.5 Å². The number of piperazine rings is 1. The summed E-state index contributed by atoms with van der Waals surface area (Å²) in [5, 5.41) is 10.1. The van der Waals surface area contributed by atoms with Crippen LogP contribution in [0.15, 0.2) is 12.1 Å². The Morgan fingerprint density at radius 2 is 1.39 bits per heavy atom. The SMILES string of the molecule is COc1cc(CN2CCN(C3C4CC5CC(C4)CC3C5)CC2)cc(OC)c1O. The van der Waals surface area contributed by atoms with Crippen LogP contribution in [0.25, 0.3) is 0 Å². The van der Waals surface area contributed by atoms with E-state index >= 15 is 0 Å². The standard InChI is InChI=1S/C23H34N2O3/c1-27-20-12-17(13-21(28-2)23(20)26)14-24-3-5-25(6-4-24)22-18-8-15-7-16(10-18)11-19(22)9-15/h12-13,15-16,18-19,22,26H,3-11,14H2,1-2H3. The molecule has 5 nitrogen and oxygen atoms in total. The Kier molecular flexibility index (Phi) is 4.92. The van der Waals surface area contributed by atoms with Crippen molar-refractivity contribution in [3.63, 3.8) is 0 Å². The fourth-order valence-electron chi connectivity index (χ4n) is 7.01. The molecule has 1 N–H and O–H groups in total. The largest absolute Gasteiger partial charge is 0.502 e. The molecule has 5 heteroatoms. The van der Waals surface area contributed by atoms with Crippen LogP contribution in [0.3, 0.4) is 0 Å². The Morgan fingerprint density at radius 3 is 1.89 bits per heavy atom. The smallest absolute Gasteiger partial charge is 0.200 e. The van der Waals surface area contributed by atoms with Gasteiger partial charge in [-0.25, -0.2) is 0 Å². The fraction of sp³-hybridized carbons (Fsp3) is 0.739. The Morgan fingerprint density at radius 1 is 0.857 bits per heavy atom. The summed E-state index contributed by atoms with van der Waals surface area (Å²) in [7, 11) is 3.17. The molecule has 6 rings (SSSR count). The minimum Gasteiger partial charge on any atom is -0.502 e. The summed E-state index contributed by atoms with van der Waals surface area (Å²) in [6.07, 6.45) is 7.55. The second kappa shape index (κ2) is 7.42. The number of rotatable bonds is 5. The Hall–Kier alpha value is -1.46. The van der Waals surface area contributed by atoms with Gasteiger partial charge in [0.15, 0.2) is 11.5 Å². The minimum absolute atomic E-state index is 0.0838. The zero-order valence-corrected chi connectivity index (χ0v) is 17.3. The van der Waals surface area contributed by atoms with Crippen LogP contribution in [0.1, 0.15) is 37.7 Å². The first-order chi connectivity index (χ1) is 13.6. The molecule has 0 radical (unpaired) electrons. The lowest BCUT2D eigenvalue weighted by atomic mass is 9.54. The third-order valence-electron chi connectivity index (χ3n) is 7.95. The van der Waals surface area contributed by atoms with Gasteiger partial charge in [-0.3, -0.25) is 9.80 Å². The van der Waals surface area contributed by atoms with Crippen molar-refractivity contribution in [3.8, 4) is 17.2 Å². The predicted molar refractivity (Wildman–Crippen MR) is 109 cm³/mol. The van der Waals surface area contributed by atoms with Crippen molar-refractivity contribution in [1.82, 2.24) is 9.80 Å². The summed E-state index contributed by atoms with van der Waals surface area (Å²) in [6.45, 7) is 5.50. The number of benzene rings is 1. The summed E-state index contributed by atoms with van der Waals surface area (Å²) in [5.41, 5.74) is 1.13. The number of phenols is 1. The molecule has 4 bridgehead atoms. The van der Waals surface area contributed by atoms with E-state index in [0.717, 1.165) is 54.9 Å². The van der Waals surface area contributed by atoms with Crippen molar-refractivity contribution in [2.75, 3.05) is 40.4 Å². The van der Waals surface area contributed by atoms with Gasteiger partial charge in [0.1, 0.15) is 0 Å². The van der Waals surface area contributed by atoms with Crippen molar-refractivity contribution in [2.24, 2.45) is 23.7 Å². The van der Waals surface area contributed by atoms with E-state index in [-0.39, 0.29) is 5.75 Å². The van der Waals surface area contributed by atoms with Gasteiger partial charge in [0.25, 0.3) is 0 Å². The molecule has 154 valence electrons. The number of phenolic OH excluding ortho intramolecular Hbond substituents is 1. The highest BCUT2D eigenvalue weighted by Gasteiger charge is 2.50. The van der Waals surface area contributed by atoms with E-state index in [1.54, 1.807) is 14.2 Å². The highest BCUT2D eigenvalue weighted by atomic mass is 16.5. The maximum atomic E-state index is 10.1. The summed E-state index contributed by atoms with van der Waals surface area (Å²) >= 11 is 0. The molecule has 0 aromatic heterocycles. The van der Waals surface area contributed by atoms with E-state index in [9.17, 15) is 5.11 Å². The number of hydrogen-bond acceptors (Lipinski definition) is 5. The minimum atomic E-state index is 0.0838. The highest BCUT2D eigenvalue weighted by Crippen LogP contribution is 2.55. The summed E-state index contributed by atoms with van der Waals surface area (Å²) in [6, 6.07) is 4.73. The molecule has 1 saturated heterocycles. The van der Waals surface area contributed by atoms with Gasteiger partial charge in [-0.15, -0.1) is 0 Å². The van der Waals surface area contributed by atoms with Gasteiger partial charge < -0.3 is 14.6 Å². The maximum absolute atomic E-state index is 10.1. The molecule has 4 saturated carbocycles. The van der Waals surface area contributed by atoms with Gasteiger partial charge in [-0.05, 0) is 73.5 Å². The van der Waals surface area contributed by atoms with Gasteiger partial charge in [0.2, 0.25) is 5.75 Å². The Labute approximate surface area is 168 Å². The fourth-order valence-corrected chi connectivity index (χ4v) is 7.01. The van der Waals surface area contributed by atoms with Crippen molar-refractivity contribution >= 4 is 0 Å². The van der Waals surface area contributed by atoms with Crippen molar-refractivity contribution < 1.29 is 14.6 Å². The predicted octanol–water partition coefficient (Wildman–Crippen LogP) is 3.35. The number of hydrogen-bond donors (Lipinski definition) is 1. The molecule has 0 unspecified atom stereocenters. The first-order valence-corrected chi connectivity index (χ1v) is 11.0. The lowest BCUT2D eigenvalue weighted by molar-refractivity contribution is -0.0769. The first kappa shape index (κ1) is 18.6. The molecule has 28 heavy (non-hydrogen) atoms. The van der Waals surface area contributed by atoms with Crippen LogP contribution in [0.2, 0.25) is 0 Å². The number of aromatic hydroxyl groups is 1. The van der Waals surface area contributed by atoms with E-state index in [4.69, 9.17) is 9.47 Å². The second-order valence-electron chi connectivity index (χ2n) is 9.58. The van der Waals surface area contributed by atoms with Gasteiger partial charge in [-0.1, -0.05) is 0 Å². The Bertz CT molecular complexity index is 661. The molecule has 4 aliphatic carbocycles. The van der Waals surface area contributed by atoms with Crippen LogP contribution in [0.5, 0.6) is 17.2 Å². The molecule has 0 atom stereocenters. The third-order valence-corrected chi connectivity index (χ3v) is 7.95.